The molecule has 2 aromatic rings. The second-order valence-corrected chi connectivity index (χ2v) is 9.82. The Balaban J connectivity index is 1.45. The van der Waals surface area contributed by atoms with Gasteiger partial charge in [0.05, 0.1) is 18.0 Å². The van der Waals surface area contributed by atoms with Crippen LogP contribution in [-0.4, -0.2) is 32.7 Å². The zero-order valence-electron chi connectivity index (χ0n) is 16.7. The summed E-state index contributed by atoms with van der Waals surface area (Å²) in [6, 6.07) is 12.4. The zero-order valence-corrected chi connectivity index (χ0v) is 17.5. The van der Waals surface area contributed by atoms with Gasteiger partial charge in [0.2, 0.25) is 10.0 Å². The van der Waals surface area contributed by atoms with Crippen molar-refractivity contribution in [3.63, 3.8) is 0 Å². The maximum atomic E-state index is 12.7. The van der Waals surface area contributed by atoms with Crippen molar-refractivity contribution < 1.29 is 17.9 Å². The van der Waals surface area contributed by atoms with Crippen molar-refractivity contribution in [1.29, 1.82) is 0 Å². The summed E-state index contributed by atoms with van der Waals surface area (Å²) in [6.45, 7) is 1.87. The fraction of sp³-hybridized carbons (Fsp3) is 0.409. The number of fused-ring (bicyclic) bond motifs is 1. The molecule has 2 aliphatic rings. The number of rotatable bonds is 5. The van der Waals surface area contributed by atoms with Crippen molar-refractivity contribution in [1.82, 2.24) is 0 Å². The van der Waals surface area contributed by atoms with Crippen molar-refractivity contribution in [3.05, 3.63) is 53.6 Å². The van der Waals surface area contributed by atoms with Crippen molar-refractivity contribution in [2.75, 3.05) is 15.9 Å². The maximum Gasteiger partial charge on any atom is 0.255 e. The summed E-state index contributed by atoms with van der Waals surface area (Å²) in [5, 5.41) is 2.90. The highest BCUT2D eigenvalue weighted by molar-refractivity contribution is 7.92. The number of amides is 1. The Morgan fingerprint density at radius 2 is 1.79 bits per heavy atom. The van der Waals surface area contributed by atoms with Gasteiger partial charge in [0.25, 0.3) is 5.91 Å². The Morgan fingerprint density at radius 1 is 1.10 bits per heavy atom. The molecule has 1 atom stereocenters. The highest BCUT2D eigenvalue weighted by Gasteiger charge is 2.32. The van der Waals surface area contributed by atoms with Crippen LogP contribution < -0.4 is 14.4 Å². The van der Waals surface area contributed by atoms with Gasteiger partial charge in [0.15, 0.2) is 0 Å². The van der Waals surface area contributed by atoms with Gasteiger partial charge in [-0.2, -0.15) is 0 Å². The number of carbonyl (C=O) groups excluding carboxylic acids is 1. The van der Waals surface area contributed by atoms with E-state index in [0.29, 0.717) is 29.5 Å². The van der Waals surface area contributed by atoms with E-state index in [-0.39, 0.29) is 11.9 Å². The molecule has 0 aromatic heterocycles. The van der Waals surface area contributed by atoms with E-state index in [1.165, 1.54) is 23.4 Å². The molecule has 1 saturated carbocycles. The Kier molecular flexibility index (Phi) is 5.25. The van der Waals surface area contributed by atoms with Crippen LogP contribution in [0.15, 0.2) is 42.5 Å². The molecule has 4 rings (SSSR count). The summed E-state index contributed by atoms with van der Waals surface area (Å²) >= 11 is 0. The van der Waals surface area contributed by atoms with Gasteiger partial charge in [0.1, 0.15) is 5.75 Å². The van der Waals surface area contributed by atoms with Gasteiger partial charge in [0, 0.05) is 17.3 Å². The molecule has 1 N–H and O–H groups in total. The molecule has 0 saturated heterocycles. The lowest BCUT2D eigenvalue weighted by molar-refractivity contribution is 0.102. The summed E-state index contributed by atoms with van der Waals surface area (Å²) in [4.78, 5) is 12.7. The first-order chi connectivity index (χ1) is 13.8. The first-order valence-corrected chi connectivity index (χ1v) is 11.9. The Labute approximate surface area is 171 Å². The lowest BCUT2D eigenvalue weighted by Gasteiger charge is -2.21. The minimum absolute atomic E-state index is 0.147. The number of hydrogen-bond acceptors (Lipinski definition) is 4. The van der Waals surface area contributed by atoms with Crippen LogP contribution in [0.1, 0.15) is 48.5 Å². The third-order valence-electron chi connectivity index (χ3n) is 5.57. The number of carbonyl (C=O) groups is 1. The van der Waals surface area contributed by atoms with E-state index in [1.807, 2.05) is 31.2 Å². The lowest BCUT2D eigenvalue weighted by Crippen LogP contribution is -2.34. The van der Waals surface area contributed by atoms with Crippen LogP contribution in [0.5, 0.6) is 5.75 Å². The van der Waals surface area contributed by atoms with Gasteiger partial charge in [-0.15, -0.1) is 0 Å². The Bertz CT molecular complexity index is 1010. The second kappa shape index (κ2) is 7.71. The molecule has 1 fully saturated rings. The summed E-state index contributed by atoms with van der Waals surface area (Å²) in [6.07, 6.45) is 6.76. The minimum Gasteiger partial charge on any atom is -0.490 e. The molecular weight excluding hydrogens is 388 g/mol. The molecule has 2 aromatic carbocycles. The third-order valence-corrected chi connectivity index (χ3v) is 6.84. The van der Waals surface area contributed by atoms with E-state index in [9.17, 15) is 13.2 Å². The SMILES string of the molecule is CC1Cc2cc(C(=O)Nc3ccc(OC4CCCC4)cc3)ccc2N1S(C)(=O)=O. The third kappa shape index (κ3) is 4.24. The molecule has 1 heterocycles. The molecule has 1 amide bonds. The number of benzene rings is 2. The molecule has 29 heavy (non-hydrogen) atoms. The lowest BCUT2D eigenvalue weighted by atomic mass is 10.1. The quantitative estimate of drug-likeness (QED) is 0.803. The fourth-order valence-corrected chi connectivity index (χ4v) is 5.53. The normalized spacial score (nSPS) is 19.2. The van der Waals surface area contributed by atoms with Crippen LogP contribution in [0.4, 0.5) is 11.4 Å². The molecule has 1 aliphatic carbocycles. The molecule has 7 heteroatoms. The summed E-state index contributed by atoms with van der Waals surface area (Å²) < 4.78 is 31.5. The predicted octanol–water partition coefficient (Wildman–Crippen LogP) is 3.97. The van der Waals surface area contributed by atoms with Crippen LogP contribution in [0.2, 0.25) is 0 Å². The van der Waals surface area contributed by atoms with E-state index in [4.69, 9.17) is 4.74 Å². The fourth-order valence-electron chi connectivity index (χ4n) is 4.27. The average Bonchev–Trinajstić information content (AvgIpc) is 3.28. The zero-order chi connectivity index (χ0) is 20.6. The van der Waals surface area contributed by atoms with Gasteiger partial charge < -0.3 is 10.1 Å². The van der Waals surface area contributed by atoms with Crippen LogP contribution >= 0.6 is 0 Å². The van der Waals surface area contributed by atoms with E-state index < -0.39 is 10.0 Å². The largest absolute Gasteiger partial charge is 0.490 e. The van der Waals surface area contributed by atoms with Crippen molar-refractivity contribution in [2.24, 2.45) is 0 Å². The molecule has 0 radical (unpaired) electrons. The Hall–Kier alpha value is -2.54. The predicted molar refractivity (Wildman–Crippen MR) is 114 cm³/mol. The van der Waals surface area contributed by atoms with Gasteiger partial charge >= 0.3 is 0 Å². The average molecular weight is 415 g/mol. The standard InChI is InChI=1S/C22H26N2O4S/c1-15-13-17-14-16(7-12-21(17)24(15)29(2,26)27)22(25)23-18-8-10-20(11-9-18)28-19-5-3-4-6-19/h7-12,14-15,19H,3-6,13H2,1-2H3,(H,23,25). The number of nitrogens with one attached hydrogen (secondary N) is 1. The van der Waals surface area contributed by atoms with Gasteiger partial charge in [-0.3, -0.25) is 9.10 Å². The van der Waals surface area contributed by atoms with E-state index in [2.05, 4.69) is 5.32 Å². The van der Waals surface area contributed by atoms with Gasteiger partial charge in [-0.1, -0.05) is 0 Å². The molecule has 1 unspecified atom stereocenters. The van der Waals surface area contributed by atoms with Crippen LogP contribution in [-0.2, 0) is 16.4 Å². The number of anilines is 2. The minimum atomic E-state index is -3.34. The first-order valence-electron chi connectivity index (χ1n) is 10.0. The first kappa shape index (κ1) is 19.8. The highest BCUT2D eigenvalue weighted by Crippen LogP contribution is 2.35. The van der Waals surface area contributed by atoms with Crippen molar-refractivity contribution >= 4 is 27.3 Å². The van der Waals surface area contributed by atoms with E-state index in [1.54, 1.807) is 18.2 Å². The Morgan fingerprint density at radius 3 is 2.45 bits per heavy atom. The number of sulfonamides is 1. The molecular formula is C22H26N2O4S. The molecule has 154 valence electrons. The van der Waals surface area contributed by atoms with Crippen LogP contribution in [0.3, 0.4) is 0 Å². The van der Waals surface area contributed by atoms with Gasteiger partial charge in [-0.25, -0.2) is 8.42 Å². The van der Waals surface area contributed by atoms with Crippen molar-refractivity contribution in [2.45, 2.75) is 51.2 Å². The number of hydrogen-bond donors (Lipinski definition) is 1. The summed E-state index contributed by atoms with van der Waals surface area (Å²) in [5.74, 6) is 0.602. The maximum absolute atomic E-state index is 12.7. The highest BCUT2D eigenvalue weighted by atomic mass is 32.2. The molecule has 0 spiro atoms. The molecule has 6 nitrogen and oxygen atoms in total. The monoisotopic (exact) mass is 414 g/mol. The van der Waals surface area contributed by atoms with Crippen LogP contribution in [0.25, 0.3) is 0 Å². The van der Waals surface area contributed by atoms with Gasteiger partial charge in [-0.05, 0) is 87.1 Å². The van der Waals surface area contributed by atoms with Crippen molar-refractivity contribution in [3.8, 4) is 5.75 Å². The van der Waals surface area contributed by atoms with Crippen LogP contribution in [0, 0.1) is 0 Å². The summed E-state index contributed by atoms with van der Waals surface area (Å²) in [7, 11) is -3.34. The number of nitrogens with zero attached hydrogens (tertiary/aromatic N) is 1. The molecule has 1 aliphatic heterocycles. The van der Waals surface area contributed by atoms with E-state index >= 15 is 0 Å². The number of ether oxygens (including phenoxy) is 1. The smallest absolute Gasteiger partial charge is 0.255 e. The topological polar surface area (TPSA) is 75.7 Å². The molecule has 0 bridgehead atoms. The second-order valence-electron chi connectivity index (χ2n) is 7.96. The van der Waals surface area contributed by atoms with E-state index in [0.717, 1.165) is 24.2 Å². The summed E-state index contributed by atoms with van der Waals surface area (Å²) in [5.41, 5.74) is 2.74.